The Morgan fingerprint density at radius 1 is 1.36 bits per heavy atom. The molecule has 1 aromatic carbocycles. The SMILES string of the molecule is Brc1cccc(C2CNC2)c1. The van der Waals surface area contributed by atoms with Crippen LogP contribution in [0.1, 0.15) is 11.5 Å². The Labute approximate surface area is 74.9 Å². The molecule has 1 saturated heterocycles. The quantitative estimate of drug-likeness (QED) is 0.751. The Balaban J connectivity index is 2.23. The maximum absolute atomic E-state index is 3.46. The van der Waals surface area contributed by atoms with Gasteiger partial charge in [0.1, 0.15) is 0 Å². The number of hydrogen-bond acceptors (Lipinski definition) is 1. The van der Waals surface area contributed by atoms with Crippen LogP contribution in [0.3, 0.4) is 0 Å². The van der Waals surface area contributed by atoms with Crippen molar-refractivity contribution >= 4 is 15.9 Å². The molecule has 0 aliphatic carbocycles. The predicted molar refractivity (Wildman–Crippen MR) is 49.8 cm³/mol. The van der Waals surface area contributed by atoms with E-state index < -0.39 is 0 Å². The van der Waals surface area contributed by atoms with Gasteiger partial charge in [-0.25, -0.2) is 0 Å². The van der Waals surface area contributed by atoms with Gasteiger partial charge >= 0.3 is 0 Å². The van der Waals surface area contributed by atoms with E-state index in [-0.39, 0.29) is 0 Å². The fourth-order valence-electron chi connectivity index (χ4n) is 1.28. The van der Waals surface area contributed by atoms with E-state index in [1.165, 1.54) is 10.0 Å². The fourth-order valence-corrected chi connectivity index (χ4v) is 1.70. The van der Waals surface area contributed by atoms with Gasteiger partial charge in [0.15, 0.2) is 0 Å². The van der Waals surface area contributed by atoms with E-state index in [1.807, 2.05) is 0 Å². The van der Waals surface area contributed by atoms with Crippen LogP contribution in [-0.4, -0.2) is 13.1 Å². The van der Waals surface area contributed by atoms with E-state index in [9.17, 15) is 0 Å². The van der Waals surface area contributed by atoms with Crippen molar-refractivity contribution in [2.75, 3.05) is 13.1 Å². The Morgan fingerprint density at radius 2 is 2.18 bits per heavy atom. The third kappa shape index (κ3) is 1.47. The molecule has 1 aromatic rings. The number of rotatable bonds is 1. The lowest BCUT2D eigenvalue weighted by Crippen LogP contribution is -2.39. The van der Waals surface area contributed by atoms with Gasteiger partial charge in [-0.2, -0.15) is 0 Å². The molecule has 0 amide bonds. The zero-order valence-electron chi connectivity index (χ0n) is 6.18. The highest BCUT2D eigenvalue weighted by molar-refractivity contribution is 9.10. The summed E-state index contributed by atoms with van der Waals surface area (Å²) in [5.41, 5.74) is 1.44. The summed E-state index contributed by atoms with van der Waals surface area (Å²) in [6, 6.07) is 8.55. The first-order valence-corrected chi connectivity index (χ1v) is 4.62. The highest BCUT2D eigenvalue weighted by Crippen LogP contribution is 2.22. The molecule has 0 spiro atoms. The number of halogens is 1. The molecule has 0 atom stereocenters. The van der Waals surface area contributed by atoms with E-state index in [2.05, 4.69) is 45.5 Å². The summed E-state index contributed by atoms with van der Waals surface area (Å²) in [7, 11) is 0. The molecule has 2 heteroatoms. The molecule has 58 valence electrons. The van der Waals surface area contributed by atoms with Crippen LogP contribution in [0.15, 0.2) is 28.7 Å². The third-order valence-corrected chi connectivity index (χ3v) is 2.59. The number of hydrogen-bond donors (Lipinski definition) is 1. The second-order valence-electron chi connectivity index (χ2n) is 2.91. The summed E-state index contributed by atoms with van der Waals surface area (Å²) >= 11 is 3.46. The van der Waals surface area contributed by atoms with Crippen LogP contribution in [0.4, 0.5) is 0 Å². The molecular formula is C9H10BrN. The summed E-state index contributed by atoms with van der Waals surface area (Å²) in [5.74, 6) is 0.743. The van der Waals surface area contributed by atoms with E-state index in [1.54, 1.807) is 0 Å². The zero-order chi connectivity index (χ0) is 7.68. The normalized spacial score (nSPS) is 17.9. The minimum Gasteiger partial charge on any atom is -0.315 e. The van der Waals surface area contributed by atoms with Gasteiger partial charge in [0.2, 0.25) is 0 Å². The van der Waals surface area contributed by atoms with E-state index >= 15 is 0 Å². The lowest BCUT2D eigenvalue weighted by atomic mass is 9.94. The first-order valence-electron chi connectivity index (χ1n) is 3.82. The molecule has 1 N–H and O–H groups in total. The molecule has 0 aromatic heterocycles. The van der Waals surface area contributed by atoms with Crippen LogP contribution in [0, 0.1) is 0 Å². The van der Waals surface area contributed by atoms with Crippen LogP contribution in [0.5, 0.6) is 0 Å². The van der Waals surface area contributed by atoms with Gasteiger partial charge in [-0.3, -0.25) is 0 Å². The fraction of sp³-hybridized carbons (Fsp3) is 0.333. The van der Waals surface area contributed by atoms with Crippen molar-refractivity contribution in [3.05, 3.63) is 34.3 Å². The summed E-state index contributed by atoms with van der Waals surface area (Å²) in [6.45, 7) is 2.27. The first-order chi connectivity index (χ1) is 5.36. The highest BCUT2D eigenvalue weighted by atomic mass is 79.9. The maximum atomic E-state index is 3.46. The molecule has 0 bridgehead atoms. The average Bonchev–Trinajstić information content (AvgIpc) is 1.83. The third-order valence-electron chi connectivity index (χ3n) is 2.10. The number of nitrogens with one attached hydrogen (secondary N) is 1. The van der Waals surface area contributed by atoms with Crippen LogP contribution in [0.2, 0.25) is 0 Å². The lowest BCUT2D eigenvalue weighted by Gasteiger charge is -2.27. The molecule has 11 heavy (non-hydrogen) atoms. The molecular weight excluding hydrogens is 202 g/mol. The van der Waals surface area contributed by atoms with Gasteiger partial charge in [0.25, 0.3) is 0 Å². The largest absolute Gasteiger partial charge is 0.315 e. The minimum atomic E-state index is 0.743. The van der Waals surface area contributed by atoms with Crippen LogP contribution in [0.25, 0.3) is 0 Å². The van der Waals surface area contributed by atoms with Crippen LogP contribution < -0.4 is 5.32 Å². The molecule has 0 saturated carbocycles. The van der Waals surface area contributed by atoms with Gasteiger partial charge < -0.3 is 5.32 Å². The molecule has 1 fully saturated rings. The van der Waals surface area contributed by atoms with Crippen molar-refractivity contribution in [1.29, 1.82) is 0 Å². The molecule has 1 aliphatic heterocycles. The molecule has 1 nitrogen and oxygen atoms in total. The monoisotopic (exact) mass is 211 g/mol. The van der Waals surface area contributed by atoms with E-state index in [0.717, 1.165) is 19.0 Å². The van der Waals surface area contributed by atoms with Crippen molar-refractivity contribution < 1.29 is 0 Å². The van der Waals surface area contributed by atoms with Gasteiger partial charge in [-0.15, -0.1) is 0 Å². The van der Waals surface area contributed by atoms with Crippen molar-refractivity contribution in [3.8, 4) is 0 Å². The van der Waals surface area contributed by atoms with Crippen molar-refractivity contribution in [2.45, 2.75) is 5.92 Å². The maximum Gasteiger partial charge on any atom is 0.0178 e. The molecule has 0 radical (unpaired) electrons. The van der Waals surface area contributed by atoms with Crippen LogP contribution in [-0.2, 0) is 0 Å². The minimum absolute atomic E-state index is 0.743. The van der Waals surface area contributed by atoms with Gasteiger partial charge in [-0.1, -0.05) is 28.1 Å². The van der Waals surface area contributed by atoms with Crippen molar-refractivity contribution in [2.24, 2.45) is 0 Å². The molecule has 1 aliphatic rings. The van der Waals surface area contributed by atoms with E-state index in [4.69, 9.17) is 0 Å². The van der Waals surface area contributed by atoms with Gasteiger partial charge in [0.05, 0.1) is 0 Å². The van der Waals surface area contributed by atoms with E-state index in [0.29, 0.717) is 0 Å². The Kier molecular flexibility index (Phi) is 1.96. The standard InChI is InChI=1S/C9H10BrN/c10-9-3-1-2-7(4-9)8-5-11-6-8/h1-4,8,11H,5-6H2. The summed E-state index contributed by atoms with van der Waals surface area (Å²) in [4.78, 5) is 0. The molecule has 1 heterocycles. The predicted octanol–water partition coefficient (Wildman–Crippen LogP) is 2.14. The average molecular weight is 212 g/mol. The number of benzene rings is 1. The molecule has 0 unspecified atom stereocenters. The van der Waals surface area contributed by atoms with Crippen molar-refractivity contribution in [3.63, 3.8) is 0 Å². The lowest BCUT2D eigenvalue weighted by molar-refractivity contribution is 0.448. The Bertz CT molecular complexity index is 255. The van der Waals surface area contributed by atoms with Gasteiger partial charge in [0, 0.05) is 23.5 Å². The smallest absolute Gasteiger partial charge is 0.0178 e. The summed E-state index contributed by atoms with van der Waals surface area (Å²) < 4.78 is 1.18. The zero-order valence-corrected chi connectivity index (χ0v) is 7.76. The van der Waals surface area contributed by atoms with Gasteiger partial charge in [-0.05, 0) is 17.7 Å². The Morgan fingerprint density at radius 3 is 2.73 bits per heavy atom. The highest BCUT2D eigenvalue weighted by Gasteiger charge is 2.18. The first kappa shape index (κ1) is 7.32. The van der Waals surface area contributed by atoms with Crippen LogP contribution >= 0.6 is 15.9 Å². The topological polar surface area (TPSA) is 12.0 Å². The molecule has 2 rings (SSSR count). The second kappa shape index (κ2) is 2.95. The summed E-state index contributed by atoms with van der Waals surface area (Å²) in [6.07, 6.45) is 0. The second-order valence-corrected chi connectivity index (χ2v) is 3.83. The van der Waals surface area contributed by atoms with Crippen molar-refractivity contribution in [1.82, 2.24) is 5.32 Å². The summed E-state index contributed by atoms with van der Waals surface area (Å²) in [5, 5.41) is 3.26. The Hall–Kier alpha value is -0.340.